The number of hydrazine groups is 1. The van der Waals surface area contributed by atoms with Gasteiger partial charge in [0.1, 0.15) is 0 Å². The second-order valence-corrected chi connectivity index (χ2v) is 3.84. The Morgan fingerprint density at radius 1 is 1.41 bits per heavy atom. The molecule has 1 atom stereocenters. The minimum atomic E-state index is -4.85. The average Bonchev–Trinajstić information content (AvgIpc) is 2.26. The molecule has 0 saturated heterocycles. The van der Waals surface area contributed by atoms with Crippen LogP contribution in [0.4, 0.5) is 13.2 Å². The van der Waals surface area contributed by atoms with Crippen LogP contribution in [0.1, 0.15) is 33.1 Å². The van der Waals surface area contributed by atoms with Gasteiger partial charge in [-0.2, -0.15) is 13.2 Å². The molecular weight excluding hydrogens is 235 g/mol. The second-order valence-electron chi connectivity index (χ2n) is 3.84. The van der Waals surface area contributed by atoms with Gasteiger partial charge in [-0.1, -0.05) is 20.3 Å². The van der Waals surface area contributed by atoms with E-state index in [1.54, 1.807) is 0 Å². The first kappa shape index (κ1) is 16.2. The van der Waals surface area contributed by atoms with E-state index in [0.29, 0.717) is 24.3 Å². The van der Waals surface area contributed by atoms with Crippen molar-refractivity contribution in [1.82, 2.24) is 10.4 Å². The topological polar surface area (TPSA) is 58.4 Å². The molecule has 0 heterocycles. The van der Waals surface area contributed by atoms with E-state index < -0.39 is 12.1 Å². The number of amides is 1. The summed E-state index contributed by atoms with van der Waals surface area (Å²) >= 11 is 0. The first-order chi connectivity index (χ1) is 7.82. The normalized spacial score (nSPS) is 13.5. The summed E-state index contributed by atoms with van der Waals surface area (Å²) in [7, 11) is 0. The van der Waals surface area contributed by atoms with E-state index in [1.807, 2.05) is 13.8 Å². The van der Waals surface area contributed by atoms with Gasteiger partial charge in [-0.05, 0) is 12.8 Å². The monoisotopic (exact) mass is 255 g/mol. The van der Waals surface area contributed by atoms with Crippen LogP contribution < -0.4 is 11.2 Å². The van der Waals surface area contributed by atoms with Gasteiger partial charge in [-0.3, -0.25) is 9.80 Å². The van der Waals surface area contributed by atoms with Gasteiger partial charge in [0, 0.05) is 19.1 Å². The first-order valence-corrected chi connectivity index (χ1v) is 5.70. The van der Waals surface area contributed by atoms with Crippen LogP contribution in [0.3, 0.4) is 0 Å². The summed E-state index contributed by atoms with van der Waals surface area (Å²) in [6.07, 6.45) is -2.99. The molecule has 0 aliphatic rings. The van der Waals surface area contributed by atoms with E-state index in [1.165, 1.54) is 0 Å². The number of hydrogen-bond donors (Lipinski definition) is 2. The molecule has 0 aromatic heterocycles. The number of nitrogens with one attached hydrogen (secondary N) is 1. The predicted molar refractivity (Wildman–Crippen MR) is 58.9 cm³/mol. The highest BCUT2D eigenvalue weighted by molar-refractivity contribution is 5.81. The zero-order valence-corrected chi connectivity index (χ0v) is 10.2. The molecule has 0 fully saturated rings. The summed E-state index contributed by atoms with van der Waals surface area (Å²) in [6.45, 7) is 3.86. The Morgan fingerprint density at radius 2 is 2.00 bits per heavy atom. The molecular formula is C10H20F3N3O. The maximum absolute atomic E-state index is 12.3. The minimum absolute atomic E-state index is 0.0330. The lowest BCUT2D eigenvalue weighted by atomic mass is 10.2. The van der Waals surface area contributed by atoms with Gasteiger partial charge < -0.3 is 5.73 Å². The third-order valence-electron chi connectivity index (χ3n) is 2.29. The highest BCUT2D eigenvalue weighted by atomic mass is 19.4. The lowest BCUT2D eigenvalue weighted by Gasteiger charge is -2.25. The van der Waals surface area contributed by atoms with E-state index in [9.17, 15) is 18.0 Å². The molecule has 0 radical (unpaired) electrons. The Morgan fingerprint density at radius 3 is 2.41 bits per heavy atom. The lowest BCUT2D eigenvalue weighted by molar-refractivity contribution is -0.189. The molecule has 0 aromatic carbocycles. The number of nitrogens with zero attached hydrogens (tertiary/aromatic N) is 1. The molecule has 7 heteroatoms. The molecule has 0 bridgehead atoms. The summed E-state index contributed by atoms with van der Waals surface area (Å²) in [6, 6.07) is -0.264. The Kier molecular flexibility index (Phi) is 7.13. The van der Waals surface area contributed by atoms with Crippen molar-refractivity contribution in [2.24, 2.45) is 5.73 Å². The maximum Gasteiger partial charge on any atom is 0.472 e. The second kappa shape index (κ2) is 7.50. The lowest BCUT2D eigenvalue weighted by Crippen LogP contribution is -2.52. The minimum Gasteiger partial charge on any atom is -0.326 e. The SMILES string of the molecule is CCCCN(NC[C@@H](N)CC)C(=O)C(F)(F)F. The molecule has 0 aliphatic carbocycles. The van der Waals surface area contributed by atoms with E-state index in [2.05, 4.69) is 5.43 Å². The zero-order chi connectivity index (χ0) is 13.5. The van der Waals surface area contributed by atoms with Crippen molar-refractivity contribution in [3.05, 3.63) is 0 Å². The third-order valence-corrected chi connectivity index (χ3v) is 2.29. The first-order valence-electron chi connectivity index (χ1n) is 5.70. The van der Waals surface area contributed by atoms with E-state index >= 15 is 0 Å². The van der Waals surface area contributed by atoms with Crippen LogP contribution in [0.5, 0.6) is 0 Å². The van der Waals surface area contributed by atoms with Gasteiger partial charge in [0.05, 0.1) is 0 Å². The van der Waals surface area contributed by atoms with Crippen LogP contribution in [0.2, 0.25) is 0 Å². The molecule has 0 rings (SSSR count). The quantitative estimate of drug-likeness (QED) is 0.676. The number of nitrogens with two attached hydrogens (primary N) is 1. The number of carbonyl (C=O) groups excluding carboxylic acids is 1. The largest absolute Gasteiger partial charge is 0.472 e. The highest BCUT2D eigenvalue weighted by Crippen LogP contribution is 2.17. The van der Waals surface area contributed by atoms with Crippen molar-refractivity contribution in [3.8, 4) is 0 Å². The van der Waals surface area contributed by atoms with E-state index in [0.717, 1.165) is 0 Å². The molecule has 0 unspecified atom stereocenters. The fraction of sp³-hybridized carbons (Fsp3) is 0.900. The van der Waals surface area contributed by atoms with Crippen molar-refractivity contribution in [2.45, 2.75) is 45.3 Å². The molecule has 0 aliphatic heterocycles. The molecule has 1 amide bonds. The standard InChI is InChI=1S/C10H20F3N3O/c1-3-5-6-16(9(17)10(11,12)13)15-7-8(14)4-2/h8,15H,3-7,14H2,1-2H3/t8-/m0/s1. The number of alkyl halides is 3. The molecule has 0 saturated carbocycles. The van der Waals surface area contributed by atoms with Gasteiger partial charge in [-0.15, -0.1) is 0 Å². The van der Waals surface area contributed by atoms with Gasteiger partial charge in [0.25, 0.3) is 0 Å². The van der Waals surface area contributed by atoms with Crippen LogP contribution in [-0.2, 0) is 4.79 Å². The average molecular weight is 255 g/mol. The van der Waals surface area contributed by atoms with Crippen LogP contribution >= 0.6 is 0 Å². The Labute approximate surface area is 99.3 Å². The maximum atomic E-state index is 12.3. The van der Waals surface area contributed by atoms with Crippen LogP contribution in [0.25, 0.3) is 0 Å². The Hall–Kier alpha value is -0.820. The van der Waals surface area contributed by atoms with Gasteiger partial charge in [-0.25, -0.2) is 5.43 Å². The Balaban J connectivity index is 4.37. The molecule has 0 spiro atoms. The van der Waals surface area contributed by atoms with E-state index in [4.69, 9.17) is 5.73 Å². The summed E-state index contributed by atoms with van der Waals surface area (Å²) < 4.78 is 36.8. The zero-order valence-electron chi connectivity index (χ0n) is 10.2. The van der Waals surface area contributed by atoms with Crippen LogP contribution in [0, 0.1) is 0 Å². The smallest absolute Gasteiger partial charge is 0.326 e. The summed E-state index contributed by atoms with van der Waals surface area (Å²) in [5.74, 6) is -1.87. The number of rotatable bonds is 7. The van der Waals surface area contributed by atoms with Crippen molar-refractivity contribution in [2.75, 3.05) is 13.1 Å². The summed E-state index contributed by atoms with van der Waals surface area (Å²) in [5.41, 5.74) is 8.03. The van der Waals surface area contributed by atoms with Crippen molar-refractivity contribution < 1.29 is 18.0 Å². The van der Waals surface area contributed by atoms with Crippen LogP contribution in [0.15, 0.2) is 0 Å². The molecule has 0 aromatic rings. The van der Waals surface area contributed by atoms with Crippen molar-refractivity contribution in [3.63, 3.8) is 0 Å². The van der Waals surface area contributed by atoms with Crippen molar-refractivity contribution in [1.29, 1.82) is 0 Å². The highest BCUT2D eigenvalue weighted by Gasteiger charge is 2.42. The number of carbonyl (C=O) groups is 1. The number of hydrogen-bond acceptors (Lipinski definition) is 3. The molecule has 102 valence electrons. The summed E-state index contributed by atoms with van der Waals surface area (Å²) in [5, 5.41) is 0.610. The van der Waals surface area contributed by atoms with Crippen LogP contribution in [-0.4, -0.2) is 36.2 Å². The van der Waals surface area contributed by atoms with E-state index in [-0.39, 0.29) is 19.1 Å². The Bertz CT molecular complexity index is 233. The van der Waals surface area contributed by atoms with Crippen molar-refractivity contribution >= 4 is 5.91 Å². The summed E-state index contributed by atoms with van der Waals surface area (Å²) in [4.78, 5) is 11.1. The number of halogens is 3. The molecule has 3 N–H and O–H groups in total. The molecule has 4 nitrogen and oxygen atoms in total. The van der Waals surface area contributed by atoms with Gasteiger partial charge in [0.2, 0.25) is 0 Å². The van der Waals surface area contributed by atoms with Gasteiger partial charge in [0.15, 0.2) is 0 Å². The fourth-order valence-corrected chi connectivity index (χ4v) is 1.09. The number of unbranched alkanes of at least 4 members (excludes halogenated alkanes) is 1. The fourth-order valence-electron chi connectivity index (χ4n) is 1.09. The predicted octanol–water partition coefficient (Wildman–Crippen LogP) is 1.42. The van der Waals surface area contributed by atoms with Gasteiger partial charge >= 0.3 is 12.1 Å². The third kappa shape index (κ3) is 6.48. The molecule has 17 heavy (non-hydrogen) atoms.